The van der Waals surface area contributed by atoms with Crippen molar-refractivity contribution in [2.75, 3.05) is 46.8 Å². The van der Waals surface area contributed by atoms with Crippen molar-refractivity contribution < 1.29 is 9.59 Å². The second kappa shape index (κ2) is 6.02. The fraction of sp³-hybridized carbons (Fsp3) is 0.833. The van der Waals surface area contributed by atoms with Crippen LogP contribution in [0.3, 0.4) is 0 Å². The molecule has 1 rings (SSSR count). The molecule has 18 heavy (non-hydrogen) atoms. The van der Waals surface area contributed by atoms with Crippen LogP contribution in [0.4, 0.5) is 0 Å². The Morgan fingerprint density at radius 3 is 2.06 bits per heavy atom. The van der Waals surface area contributed by atoms with E-state index in [1.807, 2.05) is 18.7 Å². The van der Waals surface area contributed by atoms with Crippen molar-refractivity contribution in [2.45, 2.75) is 18.2 Å². The minimum absolute atomic E-state index is 0.107. The van der Waals surface area contributed by atoms with Crippen LogP contribution >= 0.6 is 15.9 Å². The van der Waals surface area contributed by atoms with Gasteiger partial charge in [0.15, 0.2) is 0 Å². The van der Waals surface area contributed by atoms with Gasteiger partial charge in [-0.25, -0.2) is 0 Å². The van der Waals surface area contributed by atoms with Gasteiger partial charge in [-0.2, -0.15) is 0 Å². The van der Waals surface area contributed by atoms with Gasteiger partial charge in [0, 0.05) is 40.3 Å². The lowest BCUT2D eigenvalue weighted by Gasteiger charge is -2.37. The van der Waals surface area contributed by atoms with Gasteiger partial charge in [0.25, 0.3) is 0 Å². The molecule has 6 heteroatoms. The zero-order valence-electron chi connectivity index (χ0n) is 11.6. The van der Waals surface area contributed by atoms with Crippen molar-refractivity contribution >= 4 is 27.7 Å². The average molecular weight is 320 g/mol. The maximum atomic E-state index is 12.0. The Hall–Kier alpha value is -0.620. The molecule has 0 aromatic carbocycles. The highest BCUT2D eigenvalue weighted by Crippen LogP contribution is 2.20. The summed E-state index contributed by atoms with van der Waals surface area (Å²) in [6, 6.07) is 0. The molecule has 1 saturated heterocycles. The first-order valence-corrected chi connectivity index (χ1v) is 6.92. The number of amides is 2. The third kappa shape index (κ3) is 4.24. The van der Waals surface area contributed by atoms with Gasteiger partial charge in [-0.15, -0.1) is 0 Å². The Morgan fingerprint density at radius 2 is 1.67 bits per heavy atom. The van der Waals surface area contributed by atoms with Crippen molar-refractivity contribution in [1.82, 2.24) is 14.7 Å². The number of hydrogen-bond acceptors (Lipinski definition) is 3. The normalized spacial score (nSPS) is 17.7. The number of carbonyl (C=O) groups is 2. The van der Waals surface area contributed by atoms with Crippen LogP contribution in [0.25, 0.3) is 0 Å². The van der Waals surface area contributed by atoms with Crippen LogP contribution in [-0.2, 0) is 9.59 Å². The van der Waals surface area contributed by atoms with Crippen LogP contribution in [-0.4, -0.2) is 77.7 Å². The molecule has 0 spiro atoms. The molecular formula is C12H22BrN3O2. The summed E-state index contributed by atoms with van der Waals surface area (Å²) in [4.78, 5) is 29.2. The van der Waals surface area contributed by atoms with Gasteiger partial charge in [0.05, 0.1) is 10.9 Å². The van der Waals surface area contributed by atoms with Gasteiger partial charge in [0.2, 0.25) is 11.8 Å². The predicted octanol–water partition coefficient (Wildman–Crippen LogP) is 0.392. The smallest absolute Gasteiger partial charge is 0.238 e. The minimum atomic E-state index is -0.505. The summed E-state index contributed by atoms with van der Waals surface area (Å²) in [5.74, 6) is 0.219. The minimum Gasteiger partial charge on any atom is -0.348 e. The number of nitrogens with zero attached hydrogens (tertiary/aromatic N) is 3. The van der Waals surface area contributed by atoms with E-state index in [0.717, 1.165) is 13.1 Å². The summed E-state index contributed by atoms with van der Waals surface area (Å²) in [5, 5.41) is 0. The fourth-order valence-electron chi connectivity index (χ4n) is 1.82. The van der Waals surface area contributed by atoms with Crippen molar-refractivity contribution in [1.29, 1.82) is 0 Å². The monoisotopic (exact) mass is 319 g/mol. The van der Waals surface area contributed by atoms with E-state index in [4.69, 9.17) is 0 Å². The molecule has 0 saturated carbocycles. The Labute approximate surface area is 117 Å². The predicted molar refractivity (Wildman–Crippen MR) is 74.7 cm³/mol. The quantitative estimate of drug-likeness (QED) is 0.707. The molecule has 0 unspecified atom stereocenters. The lowest BCUT2D eigenvalue weighted by atomic mass is 10.1. The van der Waals surface area contributed by atoms with Crippen LogP contribution in [0, 0.1) is 0 Å². The number of hydrogen-bond donors (Lipinski definition) is 0. The topological polar surface area (TPSA) is 43.9 Å². The van der Waals surface area contributed by atoms with E-state index in [-0.39, 0.29) is 11.8 Å². The number of alkyl halides is 1. The SMILES string of the molecule is CN(C)C(=O)CN1CCN(C(=O)C(C)(C)Br)CC1. The highest BCUT2D eigenvalue weighted by atomic mass is 79.9. The molecule has 2 amide bonds. The number of piperazine rings is 1. The molecule has 0 N–H and O–H groups in total. The molecule has 0 radical (unpaired) electrons. The Morgan fingerprint density at radius 1 is 1.17 bits per heavy atom. The molecule has 0 aromatic heterocycles. The number of halogens is 1. The summed E-state index contributed by atoms with van der Waals surface area (Å²) < 4.78 is -0.505. The Bertz CT molecular complexity index is 318. The van der Waals surface area contributed by atoms with Crippen molar-refractivity contribution in [3.63, 3.8) is 0 Å². The Kier molecular flexibility index (Phi) is 5.16. The largest absolute Gasteiger partial charge is 0.348 e. The van der Waals surface area contributed by atoms with Gasteiger partial charge in [-0.3, -0.25) is 14.5 Å². The molecule has 0 bridgehead atoms. The molecule has 104 valence electrons. The molecule has 1 heterocycles. The lowest BCUT2D eigenvalue weighted by molar-refractivity contribution is -0.135. The summed E-state index contributed by atoms with van der Waals surface area (Å²) >= 11 is 3.39. The van der Waals surface area contributed by atoms with Gasteiger partial charge >= 0.3 is 0 Å². The van der Waals surface area contributed by atoms with E-state index in [1.165, 1.54) is 0 Å². The van der Waals surface area contributed by atoms with Crippen LogP contribution in [0.5, 0.6) is 0 Å². The van der Waals surface area contributed by atoms with Gasteiger partial charge in [-0.05, 0) is 13.8 Å². The van der Waals surface area contributed by atoms with Crippen molar-refractivity contribution in [3.05, 3.63) is 0 Å². The zero-order chi connectivity index (χ0) is 13.9. The summed E-state index contributed by atoms with van der Waals surface area (Å²) in [6.45, 7) is 7.05. The zero-order valence-corrected chi connectivity index (χ0v) is 13.2. The van der Waals surface area contributed by atoms with E-state index in [9.17, 15) is 9.59 Å². The first-order chi connectivity index (χ1) is 8.21. The molecule has 5 nitrogen and oxygen atoms in total. The molecule has 0 aliphatic carbocycles. The third-order valence-corrected chi connectivity index (χ3v) is 3.36. The van der Waals surface area contributed by atoms with Crippen molar-refractivity contribution in [2.24, 2.45) is 0 Å². The van der Waals surface area contributed by atoms with Crippen LogP contribution in [0.15, 0.2) is 0 Å². The molecule has 1 fully saturated rings. The third-order valence-electron chi connectivity index (χ3n) is 3.03. The van der Waals surface area contributed by atoms with E-state index < -0.39 is 4.32 Å². The fourth-order valence-corrected chi connectivity index (χ4v) is 2.07. The Balaban J connectivity index is 2.42. The lowest BCUT2D eigenvalue weighted by Crippen LogP contribution is -2.54. The number of likely N-dealkylation sites (N-methyl/N-ethyl adjacent to an activating group) is 1. The van der Waals surface area contributed by atoms with E-state index in [0.29, 0.717) is 19.6 Å². The molecule has 1 aliphatic heterocycles. The van der Waals surface area contributed by atoms with E-state index >= 15 is 0 Å². The summed E-state index contributed by atoms with van der Waals surface area (Å²) in [5.41, 5.74) is 0. The highest BCUT2D eigenvalue weighted by molar-refractivity contribution is 9.10. The summed E-state index contributed by atoms with van der Waals surface area (Å²) in [7, 11) is 3.52. The van der Waals surface area contributed by atoms with Crippen LogP contribution in [0.2, 0.25) is 0 Å². The molecule has 0 aromatic rings. The maximum Gasteiger partial charge on any atom is 0.238 e. The summed E-state index contributed by atoms with van der Waals surface area (Å²) in [6.07, 6.45) is 0. The van der Waals surface area contributed by atoms with Crippen molar-refractivity contribution in [3.8, 4) is 0 Å². The van der Waals surface area contributed by atoms with Gasteiger partial charge in [-0.1, -0.05) is 15.9 Å². The molecule has 1 aliphatic rings. The first kappa shape index (κ1) is 15.4. The van der Waals surface area contributed by atoms with E-state index in [2.05, 4.69) is 20.8 Å². The molecular weight excluding hydrogens is 298 g/mol. The van der Waals surface area contributed by atoms with Crippen LogP contribution < -0.4 is 0 Å². The van der Waals surface area contributed by atoms with E-state index in [1.54, 1.807) is 19.0 Å². The highest BCUT2D eigenvalue weighted by Gasteiger charge is 2.31. The number of carbonyl (C=O) groups excluding carboxylic acids is 2. The van der Waals surface area contributed by atoms with Gasteiger partial charge in [0.1, 0.15) is 0 Å². The number of rotatable bonds is 3. The second-order valence-electron chi connectivity index (χ2n) is 5.33. The van der Waals surface area contributed by atoms with Gasteiger partial charge < -0.3 is 9.80 Å². The standard InChI is InChI=1S/C12H22BrN3O2/c1-12(2,13)11(18)16-7-5-15(6-8-16)9-10(17)14(3)4/h5-9H2,1-4H3. The van der Waals surface area contributed by atoms with Crippen LogP contribution in [0.1, 0.15) is 13.8 Å². The second-order valence-corrected chi connectivity index (χ2v) is 7.31. The first-order valence-electron chi connectivity index (χ1n) is 6.12. The average Bonchev–Trinajstić information content (AvgIpc) is 2.27. The maximum absolute atomic E-state index is 12.0. The molecule has 0 atom stereocenters.